The Balaban J connectivity index is 0.000000255. The number of aromatic nitrogens is 2. The Morgan fingerprint density at radius 1 is 0.714 bits per heavy atom. The molecule has 49 heavy (non-hydrogen) atoms. The van der Waals surface area contributed by atoms with Gasteiger partial charge in [-0.25, -0.2) is 0 Å². The summed E-state index contributed by atoms with van der Waals surface area (Å²) in [6.45, 7) is 3.17. The number of nitrogens with one attached hydrogen (secondary N) is 2. The number of para-hydroxylation sites is 2. The molecule has 4 aromatic rings. The minimum atomic E-state index is -0.761. The minimum Gasteiger partial charge on any atom is -0.870 e. The first kappa shape index (κ1) is 39.4. The largest absolute Gasteiger partial charge is 1.00 e. The summed E-state index contributed by atoms with van der Waals surface area (Å²) in [5.74, 6) is -0.979. The van der Waals surface area contributed by atoms with E-state index in [9.17, 15) is 19.2 Å². The fraction of sp³-hybridized carbons (Fsp3) is 0.459. The monoisotopic (exact) mass is 666 g/mol. The molecule has 2 aromatic carbocycles. The maximum Gasteiger partial charge on any atom is 1.00 e. The third-order valence-corrected chi connectivity index (χ3v) is 9.07. The molecule has 0 unspecified atom stereocenters. The molecule has 11 nitrogen and oxygen atoms in total. The van der Waals surface area contributed by atoms with Crippen molar-refractivity contribution < 1.29 is 53.4 Å². The molecule has 0 atom stereocenters. The third kappa shape index (κ3) is 10.0. The van der Waals surface area contributed by atoms with E-state index in [0.717, 1.165) is 92.8 Å². The Morgan fingerprint density at radius 3 is 1.63 bits per heavy atom. The van der Waals surface area contributed by atoms with Gasteiger partial charge in [0, 0.05) is 62.2 Å². The van der Waals surface area contributed by atoms with Gasteiger partial charge in [0.05, 0.1) is 29.3 Å². The predicted molar refractivity (Wildman–Crippen MR) is 184 cm³/mol. The molecule has 258 valence electrons. The number of carbonyl (C=O) groups excluding carboxylic acids is 3. The zero-order chi connectivity index (χ0) is 33.2. The number of unbranched alkanes of at least 4 members (excludes halogenated alkanes) is 4. The van der Waals surface area contributed by atoms with Gasteiger partial charge >= 0.3 is 30.8 Å². The van der Waals surface area contributed by atoms with Gasteiger partial charge in [0.15, 0.2) is 0 Å². The SMILES string of the molecule is COC(=O)CCCCCNC(=O)c1cn2c3c(cccc13)CCC2.O=C(O)CCCCCNC(=O)c1cn2c3c(cccc13)CCC2.[Li+].[OH-]. The summed E-state index contributed by atoms with van der Waals surface area (Å²) in [4.78, 5) is 46.4. The molecular weight excluding hydrogens is 619 g/mol. The first-order valence-electron chi connectivity index (χ1n) is 16.9. The second-order valence-electron chi connectivity index (χ2n) is 12.4. The molecule has 0 saturated heterocycles. The molecule has 0 spiro atoms. The summed E-state index contributed by atoms with van der Waals surface area (Å²) < 4.78 is 9.01. The Hall–Kier alpha value is -4.04. The zero-order valence-electron chi connectivity index (χ0n) is 28.8. The van der Waals surface area contributed by atoms with Gasteiger partial charge in [-0.3, -0.25) is 19.2 Å². The molecule has 2 amide bonds. The number of esters is 1. The first-order valence-corrected chi connectivity index (χ1v) is 16.9. The van der Waals surface area contributed by atoms with Crippen molar-refractivity contribution >= 4 is 45.6 Å². The molecule has 0 saturated carbocycles. The van der Waals surface area contributed by atoms with E-state index in [2.05, 4.69) is 36.6 Å². The molecule has 0 radical (unpaired) electrons. The number of rotatable bonds is 14. The van der Waals surface area contributed by atoms with Gasteiger partial charge in [0.25, 0.3) is 11.8 Å². The van der Waals surface area contributed by atoms with Crippen molar-refractivity contribution in [1.29, 1.82) is 0 Å². The van der Waals surface area contributed by atoms with Gasteiger partial charge in [-0.15, -0.1) is 0 Å². The number of amides is 2. The molecular formula is C37H47LiN4O7. The summed E-state index contributed by atoms with van der Waals surface area (Å²) in [5, 5.41) is 16.6. The number of aliphatic carboxylic acids is 1. The van der Waals surface area contributed by atoms with Crippen molar-refractivity contribution in [2.75, 3.05) is 20.2 Å². The van der Waals surface area contributed by atoms with Crippen LogP contribution in [0.4, 0.5) is 0 Å². The second-order valence-corrected chi connectivity index (χ2v) is 12.4. The molecule has 0 aliphatic carbocycles. The number of hydrogen-bond acceptors (Lipinski definition) is 6. The van der Waals surface area contributed by atoms with Gasteiger partial charge in [-0.2, -0.15) is 0 Å². The smallest absolute Gasteiger partial charge is 0.870 e. The number of nitrogens with zero attached hydrogens (tertiary/aromatic N) is 2. The van der Waals surface area contributed by atoms with Crippen molar-refractivity contribution in [3.63, 3.8) is 0 Å². The van der Waals surface area contributed by atoms with E-state index in [4.69, 9.17) is 5.11 Å². The minimum absolute atomic E-state index is 0. The zero-order valence-corrected chi connectivity index (χ0v) is 28.8. The summed E-state index contributed by atoms with van der Waals surface area (Å²) in [7, 11) is 1.40. The molecule has 4 heterocycles. The molecule has 6 rings (SSSR count). The number of carbonyl (C=O) groups is 4. The molecule has 0 fully saturated rings. The Labute approximate surface area is 299 Å². The van der Waals surface area contributed by atoms with E-state index in [1.807, 2.05) is 36.7 Å². The first-order chi connectivity index (χ1) is 22.9. The number of ether oxygens (including phenoxy) is 1. The van der Waals surface area contributed by atoms with Crippen LogP contribution in [0.2, 0.25) is 0 Å². The van der Waals surface area contributed by atoms with Crippen LogP contribution in [0.1, 0.15) is 96.1 Å². The van der Waals surface area contributed by atoms with Crippen molar-refractivity contribution in [3.8, 4) is 0 Å². The second kappa shape index (κ2) is 19.2. The normalized spacial score (nSPS) is 12.6. The van der Waals surface area contributed by atoms with Crippen LogP contribution in [-0.4, -0.2) is 63.7 Å². The Bertz CT molecular complexity index is 1750. The summed E-state index contributed by atoms with van der Waals surface area (Å²) >= 11 is 0. The quantitative estimate of drug-likeness (QED) is 0.106. The van der Waals surface area contributed by atoms with Crippen LogP contribution in [0.5, 0.6) is 0 Å². The topological polar surface area (TPSA) is 162 Å². The molecule has 12 heteroatoms. The number of carboxylic acids is 1. The van der Waals surface area contributed by atoms with Crippen molar-refractivity contribution in [2.45, 2.75) is 90.1 Å². The maximum absolute atomic E-state index is 12.5. The van der Waals surface area contributed by atoms with E-state index >= 15 is 0 Å². The number of aryl methyl sites for hydroxylation is 4. The van der Waals surface area contributed by atoms with Gasteiger partial charge in [-0.1, -0.05) is 49.2 Å². The molecule has 0 bridgehead atoms. The maximum atomic E-state index is 12.5. The predicted octanol–water partition coefficient (Wildman–Crippen LogP) is 2.84. The van der Waals surface area contributed by atoms with Gasteiger partial charge < -0.3 is 35.1 Å². The van der Waals surface area contributed by atoms with Gasteiger partial charge in [0.2, 0.25) is 0 Å². The van der Waals surface area contributed by atoms with Crippen LogP contribution in [0.25, 0.3) is 21.8 Å². The molecule has 2 aliphatic rings. The van der Waals surface area contributed by atoms with Crippen LogP contribution < -0.4 is 29.5 Å². The van der Waals surface area contributed by atoms with Crippen molar-refractivity contribution in [1.82, 2.24) is 19.8 Å². The van der Waals surface area contributed by atoms with E-state index < -0.39 is 5.97 Å². The van der Waals surface area contributed by atoms with Crippen LogP contribution in [-0.2, 0) is 40.3 Å². The van der Waals surface area contributed by atoms with E-state index in [0.29, 0.717) is 25.9 Å². The van der Waals surface area contributed by atoms with E-state index in [-0.39, 0.29) is 48.5 Å². The fourth-order valence-electron chi connectivity index (χ4n) is 6.72. The average molecular weight is 667 g/mol. The van der Waals surface area contributed by atoms with E-state index in [1.165, 1.54) is 29.3 Å². The fourth-order valence-corrected chi connectivity index (χ4v) is 6.72. The van der Waals surface area contributed by atoms with E-state index in [1.54, 1.807) is 0 Å². The summed E-state index contributed by atoms with van der Waals surface area (Å²) in [6.07, 6.45) is 13.9. The number of methoxy groups -OCH3 is 1. The summed E-state index contributed by atoms with van der Waals surface area (Å²) in [6, 6.07) is 12.4. The van der Waals surface area contributed by atoms with Crippen molar-refractivity contribution in [2.24, 2.45) is 0 Å². The van der Waals surface area contributed by atoms with Gasteiger partial charge in [0.1, 0.15) is 0 Å². The van der Waals surface area contributed by atoms with Crippen molar-refractivity contribution in [3.05, 3.63) is 71.0 Å². The van der Waals surface area contributed by atoms with Crippen LogP contribution in [0.3, 0.4) is 0 Å². The third-order valence-electron chi connectivity index (χ3n) is 9.07. The molecule has 4 N–H and O–H groups in total. The molecule has 2 aliphatic heterocycles. The average Bonchev–Trinajstić information content (AvgIpc) is 3.66. The standard InChI is InChI=1S/C19H24N2O3.C18H22N2O3.Li.H2O/c1-24-17(22)10-3-2-4-11-20-19(23)16-13-21-12-6-8-14-7-5-9-15(16)18(14)21;21-16(22)9-2-1-3-10-19-18(23)15-12-20-11-5-7-13-6-4-8-14(15)17(13)20;;/h5,7,9,13H,2-4,6,8,10-12H2,1H3,(H,20,23);4,6,8,12H,1-3,5,7,9-11H2,(H,19,23)(H,21,22);;1H2/q;;+1;/p-1. The molecule has 2 aromatic heterocycles. The Kier molecular flexibility index (Phi) is 15.5. The number of benzene rings is 2. The summed E-state index contributed by atoms with van der Waals surface area (Å²) in [5.41, 5.74) is 6.58. The van der Waals surface area contributed by atoms with Crippen LogP contribution >= 0.6 is 0 Å². The number of hydrogen-bond donors (Lipinski definition) is 3. The van der Waals surface area contributed by atoms with Crippen LogP contribution in [0.15, 0.2) is 48.8 Å². The number of carboxylic acid groups (broad SMARTS) is 1. The van der Waals surface area contributed by atoms with Gasteiger partial charge in [-0.05, 0) is 62.5 Å². The van der Waals surface area contributed by atoms with Crippen LogP contribution in [0, 0.1) is 0 Å². The Morgan fingerprint density at radius 2 is 1.18 bits per heavy atom.